The molecule has 0 saturated heterocycles. The molecule has 1 amide bonds. The number of aromatic nitrogens is 1. The van der Waals surface area contributed by atoms with Gasteiger partial charge >= 0.3 is 0 Å². The average molecular weight is 269 g/mol. The Morgan fingerprint density at radius 1 is 1.20 bits per heavy atom. The van der Waals surface area contributed by atoms with Gasteiger partial charge in [-0.15, -0.1) is 0 Å². The molecule has 3 rings (SSSR count). The molecule has 6 heteroatoms. The minimum Gasteiger partial charge on any atom is -0.352 e. The van der Waals surface area contributed by atoms with E-state index in [0.29, 0.717) is 29.8 Å². The molecular weight excluding hydrogens is 258 g/mol. The topological polar surface area (TPSA) is 85.1 Å². The molecule has 1 aromatic carbocycles. The summed E-state index contributed by atoms with van der Waals surface area (Å²) in [5.74, 6) is -0.147. The third-order valence-electron chi connectivity index (χ3n) is 3.32. The van der Waals surface area contributed by atoms with Crippen molar-refractivity contribution in [2.24, 2.45) is 0 Å². The second-order valence-corrected chi connectivity index (χ2v) is 4.47. The van der Waals surface area contributed by atoms with Gasteiger partial charge in [-0.05, 0) is 24.1 Å². The third-order valence-corrected chi connectivity index (χ3v) is 3.32. The highest BCUT2D eigenvalue weighted by atomic mass is 16.6. The van der Waals surface area contributed by atoms with Crippen molar-refractivity contribution in [3.05, 3.63) is 57.8 Å². The van der Waals surface area contributed by atoms with Crippen LogP contribution >= 0.6 is 0 Å². The number of nitro groups is 1. The third kappa shape index (κ3) is 1.91. The molecule has 2 aromatic rings. The van der Waals surface area contributed by atoms with Crippen LogP contribution in [0, 0.1) is 10.1 Å². The van der Waals surface area contributed by atoms with Crippen LogP contribution < -0.4 is 5.32 Å². The number of carbonyl (C=O) groups excluding carboxylic acids is 1. The summed E-state index contributed by atoms with van der Waals surface area (Å²) in [6.45, 7) is 0.531. The lowest BCUT2D eigenvalue weighted by Gasteiger charge is -2.19. The highest BCUT2D eigenvalue weighted by Crippen LogP contribution is 2.32. The molecule has 0 radical (unpaired) electrons. The van der Waals surface area contributed by atoms with Crippen molar-refractivity contribution in [3.63, 3.8) is 0 Å². The molecule has 0 unspecified atom stereocenters. The highest BCUT2D eigenvalue weighted by molar-refractivity contribution is 5.98. The lowest BCUT2D eigenvalue weighted by Crippen LogP contribution is -2.32. The van der Waals surface area contributed by atoms with Crippen LogP contribution in [-0.4, -0.2) is 22.4 Å². The zero-order chi connectivity index (χ0) is 14.1. The second-order valence-electron chi connectivity index (χ2n) is 4.47. The monoisotopic (exact) mass is 269 g/mol. The van der Waals surface area contributed by atoms with E-state index in [1.807, 2.05) is 0 Å². The Morgan fingerprint density at radius 3 is 2.80 bits per heavy atom. The predicted molar refractivity (Wildman–Crippen MR) is 72.4 cm³/mol. The summed E-state index contributed by atoms with van der Waals surface area (Å²) in [4.78, 5) is 26.6. The van der Waals surface area contributed by atoms with Gasteiger partial charge in [-0.25, -0.2) is 4.98 Å². The van der Waals surface area contributed by atoms with E-state index < -0.39 is 4.92 Å². The van der Waals surface area contributed by atoms with Crippen molar-refractivity contribution >= 4 is 11.6 Å². The fourth-order valence-electron chi connectivity index (χ4n) is 2.44. The van der Waals surface area contributed by atoms with Gasteiger partial charge < -0.3 is 5.32 Å². The molecule has 20 heavy (non-hydrogen) atoms. The van der Waals surface area contributed by atoms with E-state index in [1.54, 1.807) is 18.2 Å². The Morgan fingerprint density at radius 2 is 2.00 bits per heavy atom. The number of rotatable bonds is 2. The summed E-state index contributed by atoms with van der Waals surface area (Å²) in [5, 5.41) is 13.9. The maximum Gasteiger partial charge on any atom is 0.295 e. The van der Waals surface area contributed by atoms with E-state index in [-0.39, 0.29) is 11.6 Å². The molecule has 0 fully saturated rings. The first-order valence-corrected chi connectivity index (χ1v) is 6.18. The first kappa shape index (κ1) is 12.3. The number of amides is 1. The van der Waals surface area contributed by atoms with E-state index >= 15 is 0 Å². The average Bonchev–Trinajstić information content (AvgIpc) is 2.47. The van der Waals surface area contributed by atoms with Crippen LogP contribution in [0.3, 0.4) is 0 Å². The SMILES string of the molecule is O=C1NCCc2c1cccc2-c1ncccc1[N+](=O)[O-]. The Hall–Kier alpha value is -2.76. The maximum absolute atomic E-state index is 11.8. The van der Waals surface area contributed by atoms with E-state index in [2.05, 4.69) is 10.3 Å². The van der Waals surface area contributed by atoms with Gasteiger partial charge in [0.05, 0.1) is 4.92 Å². The summed E-state index contributed by atoms with van der Waals surface area (Å²) in [5.41, 5.74) is 2.30. The standard InChI is InChI=1S/C14H11N3O3/c18-14-11-4-1-3-10(9(11)6-8-16-14)13-12(17(19)20)5-2-7-15-13/h1-5,7H,6,8H2,(H,16,18). The Labute approximate surface area is 114 Å². The van der Waals surface area contributed by atoms with Gasteiger partial charge in [0.2, 0.25) is 0 Å². The van der Waals surface area contributed by atoms with E-state index in [9.17, 15) is 14.9 Å². The van der Waals surface area contributed by atoms with E-state index in [0.717, 1.165) is 5.56 Å². The van der Waals surface area contributed by atoms with Crippen LogP contribution in [0.15, 0.2) is 36.5 Å². The Kier molecular flexibility index (Phi) is 2.90. The maximum atomic E-state index is 11.8. The van der Waals surface area contributed by atoms with Crippen LogP contribution in [0.4, 0.5) is 5.69 Å². The van der Waals surface area contributed by atoms with Gasteiger partial charge in [0.15, 0.2) is 0 Å². The molecule has 0 aliphatic carbocycles. The predicted octanol–water partition coefficient (Wildman–Crippen LogP) is 1.94. The van der Waals surface area contributed by atoms with Crippen LogP contribution in [-0.2, 0) is 6.42 Å². The molecule has 0 spiro atoms. The number of carbonyl (C=O) groups is 1. The molecule has 1 aliphatic rings. The molecule has 0 saturated carbocycles. The molecule has 0 atom stereocenters. The Balaban J connectivity index is 2.24. The van der Waals surface area contributed by atoms with Crippen LogP contribution in [0.2, 0.25) is 0 Å². The van der Waals surface area contributed by atoms with Gasteiger partial charge in [0, 0.05) is 29.9 Å². The molecule has 1 aliphatic heterocycles. The van der Waals surface area contributed by atoms with Crippen LogP contribution in [0.25, 0.3) is 11.3 Å². The van der Waals surface area contributed by atoms with Crippen molar-refractivity contribution in [2.75, 3.05) is 6.54 Å². The van der Waals surface area contributed by atoms with E-state index in [1.165, 1.54) is 18.3 Å². The molecule has 100 valence electrons. The molecule has 1 aromatic heterocycles. The molecule has 1 N–H and O–H groups in total. The van der Waals surface area contributed by atoms with Crippen molar-refractivity contribution < 1.29 is 9.72 Å². The first-order chi connectivity index (χ1) is 9.68. The zero-order valence-electron chi connectivity index (χ0n) is 10.5. The van der Waals surface area contributed by atoms with Gasteiger partial charge in [0.1, 0.15) is 5.69 Å². The first-order valence-electron chi connectivity index (χ1n) is 6.18. The Bertz CT molecular complexity index is 713. The lowest BCUT2D eigenvalue weighted by atomic mass is 9.92. The molecule has 6 nitrogen and oxygen atoms in total. The number of hydrogen-bond donors (Lipinski definition) is 1. The minimum absolute atomic E-state index is 0.0492. The summed E-state index contributed by atoms with van der Waals surface area (Å²) in [6.07, 6.45) is 2.16. The summed E-state index contributed by atoms with van der Waals surface area (Å²) in [6, 6.07) is 8.17. The summed E-state index contributed by atoms with van der Waals surface area (Å²) >= 11 is 0. The number of nitrogens with one attached hydrogen (secondary N) is 1. The van der Waals surface area contributed by atoms with Crippen LogP contribution in [0.1, 0.15) is 15.9 Å². The normalized spacial score (nSPS) is 13.5. The van der Waals surface area contributed by atoms with Gasteiger partial charge in [-0.1, -0.05) is 12.1 Å². The van der Waals surface area contributed by atoms with Crippen molar-refractivity contribution in [1.82, 2.24) is 10.3 Å². The fourth-order valence-corrected chi connectivity index (χ4v) is 2.44. The molecule has 0 bridgehead atoms. The number of fused-ring (bicyclic) bond motifs is 1. The summed E-state index contributed by atoms with van der Waals surface area (Å²) < 4.78 is 0. The lowest BCUT2D eigenvalue weighted by molar-refractivity contribution is -0.384. The number of pyridine rings is 1. The molecular formula is C14H11N3O3. The number of hydrogen-bond acceptors (Lipinski definition) is 4. The largest absolute Gasteiger partial charge is 0.352 e. The quantitative estimate of drug-likeness (QED) is 0.667. The van der Waals surface area contributed by atoms with Crippen molar-refractivity contribution in [3.8, 4) is 11.3 Å². The summed E-state index contributed by atoms with van der Waals surface area (Å²) in [7, 11) is 0. The smallest absolute Gasteiger partial charge is 0.295 e. The minimum atomic E-state index is -0.454. The second kappa shape index (κ2) is 4.73. The van der Waals surface area contributed by atoms with E-state index in [4.69, 9.17) is 0 Å². The van der Waals surface area contributed by atoms with Crippen LogP contribution in [0.5, 0.6) is 0 Å². The number of benzene rings is 1. The van der Waals surface area contributed by atoms with Gasteiger partial charge in [-0.3, -0.25) is 14.9 Å². The van der Waals surface area contributed by atoms with Crippen molar-refractivity contribution in [2.45, 2.75) is 6.42 Å². The number of nitrogens with zero attached hydrogens (tertiary/aromatic N) is 2. The fraction of sp³-hybridized carbons (Fsp3) is 0.143. The highest BCUT2D eigenvalue weighted by Gasteiger charge is 2.24. The van der Waals surface area contributed by atoms with Crippen molar-refractivity contribution in [1.29, 1.82) is 0 Å². The molecule has 2 heterocycles. The van der Waals surface area contributed by atoms with Gasteiger partial charge in [-0.2, -0.15) is 0 Å². The van der Waals surface area contributed by atoms with Gasteiger partial charge in [0.25, 0.3) is 11.6 Å². The zero-order valence-corrected chi connectivity index (χ0v) is 10.5.